The summed E-state index contributed by atoms with van der Waals surface area (Å²) in [7, 11) is 2.13. The van der Waals surface area contributed by atoms with Crippen LogP contribution in [0, 0.1) is 6.92 Å². The molecule has 3 heterocycles. The van der Waals surface area contributed by atoms with Crippen molar-refractivity contribution in [3.63, 3.8) is 0 Å². The van der Waals surface area contributed by atoms with Gasteiger partial charge in [0.25, 0.3) is 5.88 Å². The van der Waals surface area contributed by atoms with Gasteiger partial charge in [-0.1, -0.05) is 11.6 Å². The highest BCUT2D eigenvalue weighted by Gasteiger charge is 2.46. The molecule has 34 heavy (non-hydrogen) atoms. The molecule has 3 aromatic rings. The zero-order chi connectivity index (χ0) is 23.9. The molecule has 178 valence electrons. The summed E-state index contributed by atoms with van der Waals surface area (Å²) in [5.41, 5.74) is 8.89. The molecular weight excluding hydrogens is 434 g/mol. The van der Waals surface area contributed by atoms with E-state index in [0.717, 1.165) is 55.5 Å². The molecule has 2 aliphatic rings. The lowest BCUT2D eigenvalue weighted by atomic mass is 9.98. The number of nitrogens with zero attached hydrogens (tertiary/aromatic N) is 5. The molecule has 10 heteroatoms. The van der Waals surface area contributed by atoms with Gasteiger partial charge in [0.15, 0.2) is 11.6 Å². The van der Waals surface area contributed by atoms with Gasteiger partial charge in [-0.05, 0) is 70.4 Å². The summed E-state index contributed by atoms with van der Waals surface area (Å²) in [5.74, 6) is 0.966. The normalized spacial score (nSPS) is 17.9. The van der Waals surface area contributed by atoms with E-state index in [4.69, 9.17) is 10.5 Å². The van der Waals surface area contributed by atoms with Gasteiger partial charge in [-0.3, -0.25) is 4.68 Å². The van der Waals surface area contributed by atoms with Crippen molar-refractivity contribution in [1.29, 1.82) is 0 Å². The number of piperidine rings is 1. The van der Waals surface area contributed by atoms with Gasteiger partial charge in [0, 0.05) is 5.56 Å². The number of nitrogens with one attached hydrogen (secondary N) is 1. The van der Waals surface area contributed by atoms with E-state index in [1.165, 1.54) is 0 Å². The summed E-state index contributed by atoms with van der Waals surface area (Å²) in [6, 6.07) is 6.30. The Morgan fingerprint density at radius 2 is 2.00 bits per heavy atom. The number of anilines is 1. The molecule has 1 aromatic carbocycles. The number of aromatic nitrogens is 4. The number of carbonyl (C=O) groups is 1. The molecule has 0 unspecified atom stereocenters. The number of hydrogen-bond acceptors (Lipinski definition) is 7. The third-order valence-corrected chi connectivity index (χ3v) is 6.64. The lowest BCUT2D eigenvalue weighted by Gasteiger charge is -2.28. The number of carboxylic acid groups (broad SMARTS) is 1. The smallest absolute Gasteiger partial charge is 0.405 e. The predicted octanol–water partition coefficient (Wildman–Crippen LogP) is 3.55. The van der Waals surface area contributed by atoms with Crippen molar-refractivity contribution in [1.82, 2.24) is 30.0 Å². The van der Waals surface area contributed by atoms with Gasteiger partial charge in [0.1, 0.15) is 0 Å². The Hall–Kier alpha value is -3.66. The van der Waals surface area contributed by atoms with Crippen molar-refractivity contribution in [2.24, 2.45) is 0 Å². The van der Waals surface area contributed by atoms with Gasteiger partial charge in [-0.2, -0.15) is 5.10 Å². The lowest BCUT2D eigenvalue weighted by molar-refractivity contribution is 0.188. The van der Waals surface area contributed by atoms with Crippen LogP contribution in [0.2, 0.25) is 0 Å². The number of rotatable bonds is 6. The second kappa shape index (κ2) is 8.60. The minimum atomic E-state index is -1.02. The first-order chi connectivity index (χ1) is 16.3. The van der Waals surface area contributed by atoms with Crippen molar-refractivity contribution in [2.75, 3.05) is 25.9 Å². The van der Waals surface area contributed by atoms with E-state index in [-0.39, 0.29) is 11.7 Å². The van der Waals surface area contributed by atoms with Crippen molar-refractivity contribution < 1.29 is 14.6 Å². The zero-order valence-corrected chi connectivity index (χ0v) is 19.4. The van der Waals surface area contributed by atoms with Gasteiger partial charge < -0.3 is 25.8 Å². The predicted molar refractivity (Wildman–Crippen MR) is 127 cm³/mol. The average Bonchev–Trinajstić information content (AvgIpc) is 3.43. The highest BCUT2D eigenvalue weighted by Crippen LogP contribution is 2.46. The first kappa shape index (κ1) is 22.1. The molecule has 10 nitrogen and oxygen atoms in total. The Bertz CT molecular complexity index is 1210. The van der Waals surface area contributed by atoms with Gasteiger partial charge in [0.2, 0.25) is 0 Å². The summed E-state index contributed by atoms with van der Waals surface area (Å²) in [5, 5.41) is 16.4. The molecule has 2 aromatic heterocycles. The van der Waals surface area contributed by atoms with Crippen LogP contribution in [0.3, 0.4) is 0 Å². The quantitative estimate of drug-likeness (QED) is 0.506. The van der Waals surface area contributed by atoms with E-state index >= 15 is 0 Å². The van der Waals surface area contributed by atoms with Gasteiger partial charge in [0.05, 0.1) is 35.9 Å². The lowest BCUT2D eigenvalue weighted by Crippen LogP contribution is -2.33. The maximum absolute atomic E-state index is 11.3. The fraction of sp³-hybridized carbons (Fsp3) is 0.417. The number of nitrogen functional groups attached to an aromatic ring is 1. The maximum Gasteiger partial charge on any atom is 0.405 e. The van der Waals surface area contributed by atoms with Crippen LogP contribution in [0.25, 0.3) is 11.3 Å². The molecule has 0 radical (unpaired) electrons. The Kier molecular flexibility index (Phi) is 5.60. The number of hydrogen-bond donors (Lipinski definition) is 3. The first-order valence-electron chi connectivity index (χ1n) is 11.5. The van der Waals surface area contributed by atoms with Gasteiger partial charge in [-0.15, -0.1) is 0 Å². The number of benzene rings is 1. The third kappa shape index (κ3) is 4.54. The van der Waals surface area contributed by atoms with E-state index in [9.17, 15) is 9.90 Å². The van der Waals surface area contributed by atoms with Gasteiger partial charge >= 0.3 is 6.09 Å². The van der Waals surface area contributed by atoms with Crippen LogP contribution < -0.4 is 15.8 Å². The van der Waals surface area contributed by atoms with E-state index < -0.39 is 11.6 Å². The average molecular weight is 464 g/mol. The fourth-order valence-electron chi connectivity index (χ4n) is 4.56. The molecule has 0 atom stereocenters. The maximum atomic E-state index is 11.3. The second-order valence-corrected chi connectivity index (χ2v) is 9.34. The molecule has 0 spiro atoms. The van der Waals surface area contributed by atoms with Crippen molar-refractivity contribution in [3.8, 4) is 22.9 Å². The largest absolute Gasteiger partial charge is 0.465 e. The number of aryl methyl sites for hydroxylation is 1. The summed E-state index contributed by atoms with van der Waals surface area (Å²) in [6.07, 6.45) is 7.76. The molecule has 2 fully saturated rings. The number of ether oxygens (including phenoxy) is 1. The van der Waals surface area contributed by atoms with Crippen LogP contribution in [0.15, 0.2) is 36.8 Å². The van der Waals surface area contributed by atoms with Crippen molar-refractivity contribution in [3.05, 3.63) is 47.9 Å². The van der Waals surface area contributed by atoms with E-state index in [1.54, 1.807) is 12.4 Å². The standard InChI is InChI=1S/C24H29N7O3/c1-15-9-16(11-17(10-15)24(5-6-24)29-23(32)33)20-13-26-21(25)22(28-20)34-19-12-27-31(14-19)18-3-7-30(2)8-4-18/h9-14,18,29H,3-8H2,1-2H3,(H2,25,26)(H,32,33). The SMILES string of the molecule is Cc1cc(-c2cnc(N)c(Oc3cnn(C4CCN(C)CC4)c3)n2)cc(C2(NC(=O)O)CC2)c1. The van der Waals surface area contributed by atoms with Gasteiger partial charge in [-0.25, -0.2) is 14.8 Å². The Balaban J connectivity index is 1.38. The molecule has 5 rings (SSSR count). The summed E-state index contributed by atoms with van der Waals surface area (Å²) >= 11 is 0. The highest BCUT2D eigenvalue weighted by molar-refractivity contribution is 5.69. The van der Waals surface area contributed by atoms with E-state index in [2.05, 4.69) is 32.3 Å². The Morgan fingerprint density at radius 3 is 2.71 bits per heavy atom. The molecule has 1 amide bonds. The molecule has 1 aliphatic heterocycles. The van der Waals surface area contributed by atoms with Crippen LogP contribution in [-0.2, 0) is 5.54 Å². The minimum absolute atomic E-state index is 0.190. The van der Waals surface area contributed by atoms with Crippen molar-refractivity contribution in [2.45, 2.75) is 44.2 Å². The third-order valence-electron chi connectivity index (χ3n) is 6.64. The molecule has 4 N–H and O–H groups in total. The summed E-state index contributed by atoms with van der Waals surface area (Å²) < 4.78 is 7.93. The summed E-state index contributed by atoms with van der Waals surface area (Å²) in [6.45, 7) is 4.06. The van der Waals surface area contributed by atoms with Crippen LogP contribution >= 0.6 is 0 Å². The monoisotopic (exact) mass is 463 g/mol. The fourth-order valence-corrected chi connectivity index (χ4v) is 4.56. The molecular formula is C24H29N7O3. The number of amides is 1. The zero-order valence-electron chi connectivity index (χ0n) is 19.4. The second-order valence-electron chi connectivity index (χ2n) is 9.34. The number of likely N-dealkylation sites (tertiary alicyclic amines) is 1. The Labute approximate surface area is 197 Å². The molecule has 1 aliphatic carbocycles. The van der Waals surface area contributed by atoms with Crippen LogP contribution in [0.1, 0.15) is 42.9 Å². The Morgan fingerprint density at radius 1 is 1.24 bits per heavy atom. The van der Waals surface area contributed by atoms with E-state index in [0.29, 0.717) is 17.5 Å². The molecule has 1 saturated carbocycles. The van der Waals surface area contributed by atoms with Crippen LogP contribution in [0.4, 0.5) is 10.6 Å². The topological polar surface area (TPSA) is 131 Å². The minimum Gasteiger partial charge on any atom is -0.465 e. The molecule has 1 saturated heterocycles. The first-order valence-corrected chi connectivity index (χ1v) is 11.5. The van der Waals surface area contributed by atoms with Crippen LogP contribution in [0.5, 0.6) is 11.6 Å². The van der Waals surface area contributed by atoms with Crippen molar-refractivity contribution >= 4 is 11.9 Å². The van der Waals surface area contributed by atoms with Crippen LogP contribution in [-0.4, -0.2) is 56.0 Å². The number of nitrogens with two attached hydrogens (primary N) is 1. The summed E-state index contributed by atoms with van der Waals surface area (Å²) in [4.78, 5) is 22.5. The molecule has 0 bridgehead atoms. The van der Waals surface area contributed by atoms with E-state index in [1.807, 2.05) is 36.0 Å². The highest BCUT2D eigenvalue weighted by atomic mass is 16.5.